The van der Waals surface area contributed by atoms with Crippen molar-refractivity contribution in [3.63, 3.8) is 0 Å². The van der Waals surface area contributed by atoms with Gasteiger partial charge in [0.05, 0.1) is 18.8 Å². The summed E-state index contributed by atoms with van der Waals surface area (Å²) in [5.74, 6) is 0.998. The zero-order valence-corrected chi connectivity index (χ0v) is 16.2. The fourth-order valence-corrected chi connectivity index (χ4v) is 2.95. The Labute approximate surface area is 157 Å². The number of anilines is 1. The molecule has 0 aliphatic carbocycles. The zero-order chi connectivity index (χ0) is 18.9. The van der Waals surface area contributed by atoms with E-state index in [-0.39, 0.29) is 18.5 Å². The van der Waals surface area contributed by atoms with Crippen molar-refractivity contribution in [1.29, 1.82) is 0 Å². The Bertz CT molecular complexity index is 696. The standard InChI is InChI=1S/C22H30N2O2/c1-5-17-11-13-18(14-12-17)22(16(3)4)23-15-21(25)24-19-9-7-8-10-20(19)26-6-2/h7-14,16,22-23H,5-6,15H2,1-4H3,(H,24,25)/t22-/m1/s1. The van der Waals surface area contributed by atoms with E-state index in [1.807, 2.05) is 31.2 Å². The maximum Gasteiger partial charge on any atom is 0.238 e. The number of hydrogen-bond donors (Lipinski definition) is 2. The van der Waals surface area contributed by atoms with Crippen LogP contribution in [0.5, 0.6) is 5.75 Å². The highest BCUT2D eigenvalue weighted by atomic mass is 16.5. The summed E-state index contributed by atoms with van der Waals surface area (Å²) >= 11 is 0. The number of carbonyl (C=O) groups excluding carboxylic acids is 1. The van der Waals surface area contributed by atoms with Crippen LogP contribution in [-0.2, 0) is 11.2 Å². The molecule has 4 nitrogen and oxygen atoms in total. The van der Waals surface area contributed by atoms with Gasteiger partial charge in [-0.25, -0.2) is 0 Å². The van der Waals surface area contributed by atoms with E-state index in [4.69, 9.17) is 4.74 Å². The van der Waals surface area contributed by atoms with E-state index >= 15 is 0 Å². The van der Waals surface area contributed by atoms with Crippen molar-refractivity contribution in [2.24, 2.45) is 5.92 Å². The Morgan fingerprint density at radius 3 is 2.35 bits per heavy atom. The van der Waals surface area contributed by atoms with Gasteiger partial charge in [0.15, 0.2) is 0 Å². The van der Waals surface area contributed by atoms with Crippen molar-refractivity contribution in [2.75, 3.05) is 18.5 Å². The molecular formula is C22H30N2O2. The second-order valence-electron chi connectivity index (χ2n) is 6.68. The highest BCUT2D eigenvalue weighted by Gasteiger charge is 2.17. The van der Waals surface area contributed by atoms with Crippen molar-refractivity contribution >= 4 is 11.6 Å². The molecule has 140 valence electrons. The minimum Gasteiger partial charge on any atom is -0.492 e. The van der Waals surface area contributed by atoms with Crippen LogP contribution in [0.25, 0.3) is 0 Å². The van der Waals surface area contributed by atoms with Gasteiger partial charge in [-0.1, -0.05) is 57.2 Å². The molecule has 0 saturated carbocycles. The molecule has 0 fully saturated rings. The van der Waals surface area contributed by atoms with E-state index in [0.717, 1.165) is 6.42 Å². The van der Waals surface area contributed by atoms with Crippen LogP contribution in [0.4, 0.5) is 5.69 Å². The van der Waals surface area contributed by atoms with Gasteiger partial charge in [0, 0.05) is 6.04 Å². The number of para-hydroxylation sites is 2. The molecule has 1 amide bonds. The molecular weight excluding hydrogens is 324 g/mol. The van der Waals surface area contributed by atoms with Crippen LogP contribution in [0.2, 0.25) is 0 Å². The lowest BCUT2D eigenvalue weighted by atomic mass is 9.95. The summed E-state index contributed by atoms with van der Waals surface area (Å²) in [5, 5.41) is 6.32. The van der Waals surface area contributed by atoms with Crippen LogP contribution in [0.15, 0.2) is 48.5 Å². The van der Waals surface area contributed by atoms with Crippen LogP contribution in [0.3, 0.4) is 0 Å². The third-order valence-corrected chi connectivity index (χ3v) is 4.36. The molecule has 0 saturated heterocycles. The minimum absolute atomic E-state index is 0.0759. The summed E-state index contributed by atoms with van der Waals surface area (Å²) in [6, 6.07) is 16.2. The second kappa shape index (κ2) is 9.97. The average Bonchev–Trinajstić information content (AvgIpc) is 2.64. The summed E-state index contributed by atoms with van der Waals surface area (Å²) in [4.78, 5) is 12.4. The molecule has 0 spiro atoms. The van der Waals surface area contributed by atoms with E-state index in [2.05, 4.69) is 55.7 Å². The van der Waals surface area contributed by atoms with E-state index in [9.17, 15) is 4.79 Å². The maximum absolute atomic E-state index is 12.4. The summed E-state index contributed by atoms with van der Waals surface area (Å²) < 4.78 is 5.56. The summed E-state index contributed by atoms with van der Waals surface area (Å²) in [6.45, 7) is 9.21. The fraction of sp³-hybridized carbons (Fsp3) is 0.409. The summed E-state index contributed by atoms with van der Waals surface area (Å²) in [7, 11) is 0. The predicted molar refractivity (Wildman–Crippen MR) is 108 cm³/mol. The SMILES string of the molecule is CCOc1ccccc1NC(=O)CN[C@@H](c1ccc(CC)cc1)C(C)C. The van der Waals surface area contributed by atoms with Gasteiger partial charge < -0.3 is 15.4 Å². The Morgan fingerprint density at radius 2 is 1.73 bits per heavy atom. The van der Waals surface area contributed by atoms with Crippen LogP contribution >= 0.6 is 0 Å². The second-order valence-corrected chi connectivity index (χ2v) is 6.68. The van der Waals surface area contributed by atoms with Crippen LogP contribution < -0.4 is 15.4 Å². The molecule has 0 radical (unpaired) electrons. The van der Waals surface area contributed by atoms with E-state index in [1.165, 1.54) is 11.1 Å². The maximum atomic E-state index is 12.4. The van der Waals surface area contributed by atoms with Crippen LogP contribution in [0, 0.1) is 5.92 Å². The first kappa shape index (κ1) is 20.0. The highest BCUT2D eigenvalue weighted by molar-refractivity contribution is 5.93. The molecule has 0 bridgehead atoms. The van der Waals surface area contributed by atoms with Gasteiger partial charge in [0.1, 0.15) is 5.75 Å². The van der Waals surface area contributed by atoms with E-state index in [0.29, 0.717) is 24.0 Å². The number of hydrogen-bond acceptors (Lipinski definition) is 3. The van der Waals surface area contributed by atoms with Gasteiger partial charge in [0.25, 0.3) is 0 Å². The molecule has 1 atom stereocenters. The van der Waals surface area contributed by atoms with Crippen molar-refractivity contribution in [2.45, 2.75) is 40.2 Å². The number of carbonyl (C=O) groups is 1. The average molecular weight is 354 g/mol. The summed E-state index contributed by atoms with van der Waals surface area (Å²) in [6.07, 6.45) is 1.03. The van der Waals surface area contributed by atoms with E-state index < -0.39 is 0 Å². The lowest BCUT2D eigenvalue weighted by Gasteiger charge is -2.23. The lowest BCUT2D eigenvalue weighted by Crippen LogP contribution is -2.33. The van der Waals surface area contributed by atoms with Gasteiger partial charge in [0.2, 0.25) is 5.91 Å². The van der Waals surface area contributed by atoms with E-state index in [1.54, 1.807) is 0 Å². The van der Waals surface area contributed by atoms with Crippen LogP contribution in [-0.4, -0.2) is 19.1 Å². The largest absolute Gasteiger partial charge is 0.492 e. The lowest BCUT2D eigenvalue weighted by molar-refractivity contribution is -0.115. The number of nitrogens with one attached hydrogen (secondary N) is 2. The quantitative estimate of drug-likeness (QED) is 0.693. The Kier molecular flexibility index (Phi) is 7.67. The van der Waals surface area contributed by atoms with Gasteiger partial charge in [-0.2, -0.15) is 0 Å². The Hall–Kier alpha value is -2.33. The van der Waals surface area contributed by atoms with Crippen LogP contribution in [0.1, 0.15) is 44.9 Å². The Balaban J connectivity index is 1.99. The molecule has 2 rings (SSSR count). The first-order valence-electron chi connectivity index (χ1n) is 9.39. The fourth-order valence-electron chi connectivity index (χ4n) is 2.95. The van der Waals surface area contributed by atoms with Gasteiger partial charge >= 0.3 is 0 Å². The number of amides is 1. The molecule has 2 aromatic carbocycles. The molecule has 4 heteroatoms. The predicted octanol–water partition coefficient (Wildman–Crippen LogP) is 4.57. The molecule has 0 aliphatic heterocycles. The number of aryl methyl sites for hydroxylation is 1. The van der Waals surface area contributed by atoms with Crippen molar-refractivity contribution in [3.05, 3.63) is 59.7 Å². The van der Waals surface area contributed by atoms with Crippen molar-refractivity contribution in [1.82, 2.24) is 5.32 Å². The Morgan fingerprint density at radius 1 is 1.04 bits per heavy atom. The molecule has 2 aromatic rings. The monoisotopic (exact) mass is 354 g/mol. The third kappa shape index (κ3) is 5.60. The molecule has 0 aliphatic rings. The topological polar surface area (TPSA) is 50.4 Å². The molecule has 0 unspecified atom stereocenters. The molecule has 26 heavy (non-hydrogen) atoms. The third-order valence-electron chi connectivity index (χ3n) is 4.36. The first-order chi connectivity index (χ1) is 12.5. The number of rotatable bonds is 9. The molecule has 0 aromatic heterocycles. The number of ether oxygens (including phenoxy) is 1. The van der Waals surface area contributed by atoms with Crippen molar-refractivity contribution in [3.8, 4) is 5.75 Å². The molecule has 0 heterocycles. The van der Waals surface area contributed by atoms with Crippen molar-refractivity contribution < 1.29 is 9.53 Å². The minimum atomic E-state index is -0.0759. The smallest absolute Gasteiger partial charge is 0.238 e. The highest BCUT2D eigenvalue weighted by Crippen LogP contribution is 2.24. The van der Waals surface area contributed by atoms with Gasteiger partial charge in [-0.3, -0.25) is 4.79 Å². The molecule has 2 N–H and O–H groups in total. The number of benzene rings is 2. The zero-order valence-electron chi connectivity index (χ0n) is 16.2. The first-order valence-corrected chi connectivity index (χ1v) is 9.39. The summed E-state index contributed by atoms with van der Waals surface area (Å²) in [5.41, 5.74) is 3.23. The normalized spacial score (nSPS) is 12.0. The van der Waals surface area contributed by atoms with Gasteiger partial charge in [-0.15, -0.1) is 0 Å². The van der Waals surface area contributed by atoms with Gasteiger partial charge in [-0.05, 0) is 42.5 Å².